The molecule has 0 bridgehead atoms. The lowest BCUT2D eigenvalue weighted by Crippen LogP contribution is -2.36. The Morgan fingerprint density at radius 1 is 1.03 bits per heavy atom. The van der Waals surface area contributed by atoms with Crippen LogP contribution >= 0.6 is 11.3 Å². The molecule has 0 amide bonds. The Balaban J connectivity index is 0.000000317. The van der Waals surface area contributed by atoms with Gasteiger partial charge in [0.05, 0.1) is 31.1 Å². The molecule has 39 heavy (non-hydrogen) atoms. The predicted octanol–water partition coefficient (Wildman–Crippen LogP) is 4.90. The van der Waals surface area contributed by atoms with Crippen LogP contribution in [-0.2, 0) is 40.6 Å². The van der Waals surface area contributed by atoms with Crippen molar-refractivity contribution in [3.63, 3.8) is 0 Å². The second-order valence-electron chi connectivity index (χ2n) is 7.94. The van der Waals surface area contributed by atoms with Crippen LogP contribution in [0.1, 0.15) is 34.9 Å². The Morgan fingerprint density at radius 2 is 1.62 bits per heavy atom. The van der Waals surface area contributed by atoms with Crippen LogP contribution in [0.3, 0.4) is 0 Å². The average molecular weight is 583 g/mol. The molecule has 1 unspecified atom stereocenters. The molecule has 3 aromatic heterocycles. The molecule has 0 fully saturated rings. The number of carboxylic acid groups (broad SMARTS) is 2. The number of nitrogens with zero attached hydrogens (tertiary/aromatic N) is 4. The van der Waals surface area contributed by atoms with E-state index in [4.69, 9.17) is 24.5 Å². The first-order valence-corrected chi connectivity index (χ1v) is 12.0. The summed E-state index contributed by atoms with van der Waals surface area (Å²) in [6.07, 6.45) is -4.61. The van der Waals surface area contributed by atoms with Gasteiger partial charge in [0.15, 0.2) is 0 Å². The van der Waals surface area contributed by atoms with E-state index in [0.717, 1.165) is 36.7 Å². The number of halogens is 6. The Kier molecular flexibility index (Phi) is 11.4. The Labute approximate surface area is 222 Å². The summed E-state index contributed by atoms with van der Waals surface area (Å²) in [4.78, 5) is 30.4. The molecule has 0 spiro atoms. The van der Waals surface area contributed by atoms with Gasteiger partial charge in [-0.25, -0.2) is 14.6 Å². The molecule has 1 aliphatic rings. The van der Waals surface area contributed by atoms with Gasteiger partial charge in [-0.05, 0) is 36.1 Å². The predicted molar refractivity (Wildman–Crippen MR) is 125 cm³/mol. The van der Waals surface area contributed by atoms with Crippen LogP contribution in [0.25, 0.3) is 0 Å². The number of aromatic nitrogens is 3. The van der Waals surface area contributed by atoms with Gasteiger partial charge in [-0.3, -0.25) is 9.88 Å². The molecule has 1 atom stereocenters. The summed E-state index contributed by atoms with van der Waals surface area (Å²) in [6.45, 7) is 6.45. The molecule has 2 N–H and O–H groups in total. The summed E-state index contributed by atoms with van der Waals surface area (Å²) in [5.41, 5.74) is 2.30. The summed E-state index contributed by atoms with van der Waals surface area (Å²) in [6, 6.07) is 8.61. The third kappa shape index (κ3) is 10.3. The lowest BCUT2D eigenvalue weighted by molar-refractivity contribution is -0.193. The molecule has 16 heteroatoms. The van der Waals surface area contributed by atoms with E-state index in [0.29, 0.717) is 19.3 Å². The van der Waals surface area contributed by atoms with Gasteiger partial charge in [-0.15, -0.1) is 11.3 Å². The highest BCUT2D eigenvalue weighted by molar-refractivity contribution is 7.09. The zero-order valence-electron chi connectivity index (χ0n) is 20.3. The highest BCUT2D eigenvalue weighted by atomic mass is 32.1. The van der Waals surface area contributed by atoms with Crippen LogP contribution in [0.4, 0.5) is 26.3 Å². The first kappa shape index (κ1) is 31.7. The zero-order valence-corrected chi connectivity index (χ0v) is 21.1. The Morgan fingerprint density at radius 3 is 2.13 bits per heavy atom. The quantitative estimate of drug-likeness (QED) is 0.394. The van der Waals surface area contributed by atoms with Gasteiger partial charge in [0, 0.05) is 36.9 Å². The monoisotopic (exact) mass is 582 g/mol. The Bertz CT molecular complexity index is 1160. The van der Waals surface area contributed by atoms with Gasteiger partial charge in [-0.2, -0.15) is 26.3 Å². The van der Waals surface area contributed by atoms with Crippen LogP contribution in [0, 0.1) is 0 Å². The first-order valence-electron chi connectivity index (χ1n) is 11.1. The number of fused-ring (bicyclic) bond motifs is 1. The number of ether oxygens (including phenoxy) is 1. The van der Waals surface area contributed by atoms with E-state index in [1.165, 1.54) is 4.88 Å². The van der Waals surface area contributed by atoms with Crippen LogP contribution in [0.15, 0.2) is 48.2 Å². The van der Waals surface area contributed by atoms with Gasteiger partial charge >= 0.3 is 24.3 Å². The van der Waals surface area contributed by atoms with Crippen LogP contribution in [0.5, 0.6) is 0 Å². The molecule has 0 saturated heterocycles. The van der Waals surface area contributed by atoms with E-state index in [1.807, 2.05) is 29.7 Å². The van der Waals surface area contributed by atoms with Gasteiger partial charge in [-0.1, -0.05) is 6.07 Å². The number of rotatable bonds is 6. The number of aliphatic carboxylic acids is 2. The second kappa shape index (κ2) is 14.0. The van der Waals surface area contributed by atoms with E-state index >= 15 is 0 Å². The number of imidazole rings is 1. The highest BCUT2D eigenvalue weighted by Crippen LogP contribution is 2.28. The van der Waals surface area contributed by atoms with E-state index in [-0.39, 0.29) is 0 Å². The molecule has 0 aliphatic carbocycles. The van der Waals surface area contributed by atoms with Gasteiger partial charge in [0.2, 0.25) is 0 Å². The molecule has 1 aliphatic heterocycles. The number of hydrogen-bond acceptors (Lipinski definition) is 7. The standard InChI is InChI=1S/C19H22N4OS.2C2HF3O2/c1-15-19-21-11-17(14-24-13-16-4-6-20-7-5-16)23(19)9-8-22(15)12-18-3-2-10-25-18;2*3-2(4,5)1(6)7/h2-7,10-11,15H,8-9,12-14H2,1H3;2*(H,6,7). The molecular weight excluding hydrogens is 558 g/mol. The maximum absolute atomic E-state index is 10.6. The van der Waals surface area contributed by atoms with Crippen molar-refractivity contribution in [2.75, 3.05) is 6.54 Å². The highest BCUT2D eigenvalue weighted by Gasteiger charge is 2.38. The number of alkyl halides is 6. The third-order valence-corrected chi connectivity index (χ3v) is 6.05. The lowest BCUT2D eigenvalue weighted by atomic mass is 10.2. The minimum atomic E-state index is -5.08. The molecule has 3 aromatic rings. The largest absolute Gasteiger partial charge is 0.490 e. The van der Waals surface area contributed by atoms with Crippen LogP contribution in [0.2, 0.25) is 0 Å². The molecule has 0 aromatic carbocycles. The summed E-state index contributed by atoms with van der Waals surface area (Å²) in [5, 5.41) is 16.4. The number of hydrogen-bond donors (Lipinski definition) is 2. The van der Waals surface area contributed by atoms with E-state index in [1.54, 1.807) is 12.4 Å². The lowest BCUT2D eigenvalue weighted by Gasteiger charge is -2.34. The summed E-state index contributed by atoms with van der Waals surface area (Å²) >= 11 is 1.82. The van der Waals surface area contributed by atoms with Crippen molar-refractivity contribution in [3.8, 4) is 0 Å². The normalized spacial score (nSPS) is 15.3. The zero-order chi connectivity index (χ0) is 29.2. The van der Waals surface area contributed by atoms with Gasteiger partial charge in [0.25, 0.3) is 0 Å². The Hall–Kier alpha value is -3.50. The van der Waals surface area contributed by atoms with Crippen LogP contribution in [-0.4, -0.2) is 60.5 Å². The SMILES string of the molecule is CC1c2ncc(COCc3ccncc3)n2CCN1Cc1cccs1.O=C(O)C(F)(F)F.O=C(O)C(F)(F)F. The van der Waals surface area contributed by atoms with Crippen molar-refractivity contribution in [2.45, 2.75) is 51.6 Å². The maximum Gasteiger partial charge on any atom is 0.490 e. The van der Waals surface area contributed by atoms with Gasteiger partial charge in [0.1, 0.15) is 5.82 Å². The fourth-order valence-corrected chi connectivity index (χ4v) is 4.02. The summed E-state index contributed by atoms with van der Waals surface area (Å²) in [5.74, 6) is -4.37. The minimum absolute atomic E-state index is 0.324. The van der Waals surface area contributed by atoms with E-state index in [9.17, 15) is 26.3 Å². The number of carbonyl (C=O) groups is 2. The third-order valence-electron chi connectivity index (χ3n) is 5.19. The topological polar surface area (TPSA) is 118 Å². The van der Waals surface area contributed by atoms with Crippen molar-refractivity contribution in [3.05, 3.63) is 70.2 Å². The van der Waals surface area contributed by atoms with E-state index in [2.05, 4.69) is 43.9 Å². The molecule has 4 heterocycles. The average Bonchev–Trinajstić information content (AvgIpc) is 3.52. The summed E-state index contributed by atoms with van der Waals surface area (Å²) in [7, 11) is 0. The van der Waals surface area contributed by atoms with Crippen molar-refractivity contribution in [1.29, 1.82) is 0 Å². The molecule has 9 nitrogen and oxygen atoms in total. The minimum Gasteiger partial charge on any atom is -0.475 e. The fourth-order valence-electron chi connectivity index (χ4n) is 3.29. The van der Waals surface area contributed by atoms with Crippen molar-refractivity contribution >= 4 is 23.3 Å². The second-order valence-corrected chi connectivity index (χ2v) is 8.97. The fraction of sp³-hybridized carbons (Fsp3) is 0.391. The summed E-state index contributed by atoms with van der Waals surface area (Å²) < 4.78 is 71.7. The number of thiophene rings is 1. The number of carboxylic acids is 2. The van der Waals surface area contributed by atoms with Crippen molar-refractivity contribution < 1.29 is 50.9 Å². The smallest absolute Gasteiger partial charge is 0.475 e. The molecule has 214 valence electrons. The molecular formula is C23H24F6N4O5S. The molecule has 0 radical (unpaired) electrons. The molecule has 4 rings (SSSR count). The van der Waals surface area contributed by atoms with Crippen molar-refractivity contribution in [1.82, 2.24) is 19.4 Å². The van der Waals surface area contributed by atoms with Crippen molar-refractivity contribution in [2.24, 2.45) is 0 Å². The number of pyridine rings is 1. The molecule has 0 saturated carbocycles. The first-order chi connectivity index (χ1) is 18.2. The maximum atomic E-state index is 10.6. The van der Waals surface area contributed by atoms with E-state index < -0.39 is 24.3 Å². The van der Waals surface area contributed by atoms with Crippen LogP contribution < -0.4 is 0 Å². The van der Waals surface area contributed by atoms with Gasteiger partial charge < -0.3 is 19.5 Å².